The third kappa shape index (κ3) is 2.70. The Bertz CT molecular complexity index is 1010. The van der Waals surface area contributed by atoms with Crippen LogP contribution >= 0.6 is 23.2 Å². The molecule has 0 unspecified atom stereocenters. The Balaban J connectivity index is 1.95. The number of hydrogen-bond acceptors (Lipinski definition) is 4. The number of aliphatic hydroxyl groups excluding tert-OH is 1. The molecule has 0 radical (unpaired) electrons. The highest BCUT2D eigenvalue weighted by Crippen LogP contribution is 2.42. The average Bonchev–Trinajstić information content (AvgIpc) is 3.04. The van der Waals surface area contributed by atoms with E-state index in [1.165, 1.54) is 0 Å². The quantitative estimate of drug-likeness (QED) is 0.626. The molecule has 1 aromatic carbocycles. The fourth-order valence-corrected chi connectivity index (χ4v) is 3.84. The van der Waals surface area contributed by atoms with Crippen molar-refractivity contribution in [3.63, 3.8) is 0 Å². The maximum absolute atomic E-state index is 11.9. The van der Waals surface area contributed by atoms with E-state index in [4.69, 9.17) is 28.9 Å². The van der Waals surface area contributed by atoms with Crippen molar-refractivity contribution < 1.29 is 9.90 Å². The smallest absolute Gasteiger partial charge is 0.248 e. The normalized spacial score (nSPS) is 13.9. The van der Waals surface area contributed by atoms with E-state index in [9.17, 15) is 9.90 Å². The van der Waals surface area contributed by atoms with Crippen molar-refractivity contribution in [3.8, 4) is 11.1 Å². The van der Waals surface area contributed by atoms with Crippen LogP contribution in [-0.2, 0) is 17.8 Å². The van der Waals surface area contributed by atoms with Crippen LogP contribution in [0.2, 0.25) is 10.0 Å². The van der Waals surface area contributed by atoms with Crippen LogP contribution in [-0.4, -0.2) is 39.0 Å². The van der Waals surface area contributed by atoms with Crippen molar-refractivity contribution in [2.45, 2.75) is 13.0 Å². The Hall–Kier alpha value is -2.28. The van der Waals surface area contributed by atoms with Gasteiger partial charge >= 0.3 is 0 Å². The van der Waals surface area contributed by atoms with Crippen LogP contribution in [0.3, 0.4) is 0 Å². The number of fused-ring (bicyclic) bond motifs is 3. The number of aromatic nitrogens is 2. The molecule has 0 fully saturated rings. The summed E-state index contributed by atoms with van der Waals surface area (Å²) in [6.45, 7) is 0.449. The lowest BCUT2D eigenvalue weighted by atomic mass is 9.97. The minimum Gasteiger partial charge on any atom is -0.387 e. The number of amides is 1. The summed E-state index contributed by atoms with van der Waals surface area (Å²) in [5.74, 6) is 0.140. The van der Waals surface area contributed by atoms with Gasteiger partial charge in [0.05, 0.1) is 15.6 Å². The molecule has 1 aliphatic rings. The van der Waals surface area contributed by atoms with Crippen LogP contribution in [0, 0.1) is 0 Å². The fourth-order valence-electron chi connectivity index (χ4n) is 3.44. The van der Waals surface area contributed by atoms with Crippen molar-refractivity contribution in [1.82, 2.24) is 14.9 Å². The molecule has 26 heavy (non-hydrogen) atoms. The van der Waals surface area contributed by atoms with Crippen molar-refractivity contribution in [2.75, 3.05) is 18.9 Å². The van der Waals surface area contributed by atoms with Crippen molar-refractivity contribution in [1.29, 1.82) is 0 Å². The Morgan fingerprint density at radius 3 is 2.88 bits per heavy atom. The minimum atomic E-state index is -0.501. The molecule has 2 aromatic heterocycles. The van der Waals surface area contributed by atoms with Gasteiger partial charge in [0.25, 0.3) is 0 Å². The second-order valence-electron chi connectivity index (χ2n) is 6.25. The Morgan fingerprint density at radius 2 is 2.19 bits per heavy atom. The number of hydrogen-bond donors (Lipinski definition) is 3. The summed E-state index contributed by atoms with van der Waals surface area (Å²) in [4.78, 5) is 21.1. The van der Waals surface area contributed by atoms with Crippen LogP contribution in [0.15, 0.2) is 24.4 Å². The molecule has 8 heteroatoms. The average molecular weight is 391 g/mol. The van der Waals surface area contributed by atoms with Crippen LogP contribution in [0.1, 0.15) is 11.3 Å². The summed E-state index contributed by atoms with van der Waals surface area (Å²) in [6, 6.07) is 5.41. The monoisotopic (exact) mass is 390 g/mol. The number of anilines is 1. The van der Waals surface area contributed by atoms with Gasteiger partial charge in [0.15, 0.2) is 0 Å². The zero-order valence-electron chi connectivity index (χ0n) is 13.7. The van der Waals surface area contributed by atoms with Crippen LogP contribution < -0.4 is 5.73 Å². The molecule has 1 amide bonds. The van der Waals surface area contributed by atoms with Crippen molar-refractivity contribution in [2.24, 2.45) is 0 Å². The molecule has 0 saturated heterocycles. The number of benzene rings is 1. The lowest BCUT2D eigenvalue weighted by molar-refractivity contribution is -0.135. The van der Waals surface area contributed by atoms with E-state index in [0.29, 0.717) is 35.4 Å². The van der Waals surface area contributed by atoms with Crippen molar-refractivity contribution in [3.05, 3.63) is 45.7 Å². The lowest BCUT2D eigenvalue weighted by Gasteiger charge is -2.27. The molecule has 4 rings (SSSR count). The van der Waals surface area contributed by atoms with Gasteiger partial charge in [-0.2, -0.15) is 0 Å². The SMILES string of the molecule is Nc1ccc(-c2cc(Cl)c(Cl)c3[nH]c4c(c23)CN(C(=O)CO)CC4)cn1. The standard InChI is InChI=1S/C18H16Cl2N4O2/c19-12-5-10(9-1-2-14(21)22-6-9)16-11-7-24(15(26)8-25)4-3-13(11)23-18(16)17(12)20/h1-2,5-6,23,25H,3-4,7-8H2,(H2,21,22). The number of rotatable bonds is 2. The second-order valence-corrected chi connectivity index (χ2v) is 7.03. The number of carbonyl (C=O) groups is 1. The van der Waals surface area contributed by atoms with Crippen molar-refractivity contribution >= 4 is 45.8 Å². The molecule has 0 atom stereocenters. The molecule has 3 aromatic rings. The zero-order valence-corrected chi connectivity index (χ0v) is 15.2. The van der Waals surface area contributed by atoms with Gasteiger partial charge in [-0.25, -0.2) is 4.98 Å². The Labute approximate surface area is 159 Å². The van der Waals surface area contributed by atoms with E-state index < -0.39 is 6.61 Å². The van der Waals surface area contributed by atoms with E-state index in [2.05, 4.69) is 9.97 Å². The van der Waals surface area contributed by atoms with Gasteiger partial charge in [0.1, 0.15) is 12.4 Å². The number of aromatic amines is 1. The Kier molecular flexibility index (Phi) is 4.26. The highest BCUT2D eigenvalue weighted by molar-refractivity contribution is 6.45. The Morgan fingerprint density at radius 1 is 1.38 bits per heavy atom. The molecular formula is C18H16Cl2N4O2. The number of H-pyrrole nitrogens is 1. The predicted octanol–water partition coefficient (Wildman–Crippen LogP) is 3.00. The maximum Gasteiger partial charge on any atom is 0.248 e. The third-order valence-corrected chi connectivity index (χ3v) is 5.51. The summed E-state index contributed by atoms with van der Waals surface area (Å²) < 4.78 is 0. The summed E-state index contributed by atoms with van der Waals surface area (Å²) in [5.41, 5.74) is 10.2. The van der Waals surface area contributed by atoms with Gasteiger partial charge in [-0.1, -0.05) is 23.2 Å². The van der Waals surface area contributed by atoms with Gasteiger partial charge < -0.3 is 20.7 Å². The first-order chi connectivity index (χ1) is 12.5. The van der Waals surface area contributed by atoms with E-state index in [1.54, 1.807) is 23.2 Å². The molecule has 4 N–H and O–H groups in total. The first-order valence-electron chi connectivity index (χ1n) is 8.11. The first-order valence-corrected chi connectivity index (χ1v) is 8.87. The van der Waals surface area contributed by atoms with E-state index in [1.807, 2.05) is 6.07 Å². The van der Waals surface area contributed by atoms with Gasteiger partial charge in [-0.3, -0.25) is 4.79 Å². The zero-order chi connectivity index (χ0) is 18.4. The molecule has 0 bridgehead atoms. The van der Waals surface area contributed by atoms with Gasteiger partial charge in [0, 0.05) is 47.9 Å². The lowest BCUT2D eigenvalue weighted by Crippen LogP contribution is -2.37. The fraction of sp³-hybridized carbons (Fsp3) is 0.222. The molecular weight excluding hydrogens is 375 g/mol. The molecule has 1 aliphatic heterocycles. The highest BCUT2D eigenvalue weighted by Gasteiger charge is 2.26. The number of nitrogens with zero attached hydrogens (tertiary/aromatic N) is 2. The first kappa shape index (κ1) is 17.1. The van der Waals surface area contributed by atoms with E-state index >= 15 is 0 Å². The number of halogens is 2. The highest BCUT2D eigenvalue weighted by atomic mass is 35.5. The van der Waals surface area contributed by atoms with Crippen LogP contribution in [0.25, 0.3) is 22.0 Å². The van der Waals surface area contributed by atoms with E-state index in [0.717, 1.165) is 33.3 Å². The molecule has 0 saturated carbocycles. The number of aliphatic hydroxyl groups is 1. The number of nitrogens with two attached hydrogens (primary N) is 1. The molecule has 3 heterocycles. The number of nitrogens with one attached hydrogen (secondary N) is 1. The summed E-state index contributed by atoms with van der Waals surface area (Å²) in [6.07, 6.45) is 2.34. The number of carbonyl (C=O) groups excluding carboxylic acids is 1. The van der Waals surface area contributed by atoms with Crippen LogP contribution in [0.5, 0.6) is 0 Å². The summed E-state index contributed by atoms with van der Waals surface area (Å²) >= 11 is 12.8. The summed E-state index contributed by atoms with van der Waals surface area (Å²) in [7, 11) is 0. The van der Waals surface area contributed by atoms with Gasteiger partial charge in [-0.15, -0.1) is 0 Å². The summed E-state index contributed by atoms with van der Waals surface area (Å²) in [5, 5.41) is 11.0. The topological polar surface area (TPSA) is 95.2 Å². The molecule has 134 valence electrons. The third-order valence-electron chi connectivity index (χ3n) is 4.73. The molecule has 0 aliphatic carbocycles. The van der Waals surface area contributed by atoms with Crippen LogP contribution in [0.4, 0.5) is 5.82 Å². The largest absolute Gasteiger partial charge is 0.387 e. The second kappa shape index (κ2) is 6.46. The molecule has 0 spiro atoms. The molecule has 6 nitrogen and oxygen atoms in total. The number of pyridine rings is 1. The maximum atomic E-state index is 11.9. The van der Waals surface area contributed by atoms with E-state index in [-0.39, 0.29) is 5.91 Å². The van der Waals surface area contributed by atoms with Gasteiger partial charge in [0.2, 0.25) is 5.91 Å². The predicted molar refractivity (Wildman–Crippen MR) is 102 cm³/mol. The minimum absolute atomic E-state index is 0.291. The van der Waals surface area contributed by atoms with Gasteiger partial charge in [-0.05, 0) is 23.8 Å². The number of nitrogen functional groups attached to an aromatic ring is 1.